The third kappa shape index (κ3) is 4.52. The Kier molecular flexibility index (Phi) is 4.81. The van der Waals surface area contributed by atoms with Gasteiger partial charge in [0.05, 0.1) is 0 Å². The fraction of sp³-hybridized carbons (Fsp3) is 0.133. The van der Waals surface area contributed by atoms with Crippen molar-refractivity contribution in [1.29, 1.82) is 0 Å². The van der Waals surface area contributed by atoms with Gasteiger partial charge in [0.25, 0.3) is 5.91 Å². The van der Waals surface area contributed by atoms with Gasteiger partial charge in [0.1, 0.15) is 23.2 Å². The molecule has 0 spiro atoms. The summed E-state index contributed by atoms with van der Waals surface area (Å²) in [7, 11) is 0. The van der Waals surface area contributed by atoms with Crippen molar-refractivity contribution in [2.45, 2.75) is 6.54 Å². The highest BCUT2D eigenvalue weighted by atomic mass is 19.1. The number of nitrogens with one attached hydrogen (secondary N) is 1. The quantitative estimate of drug-likeness (QED) is 0.921. The molecule has 2 aromatic carbocycles. The number of hydrogen-bond donors (Lipinski definition) is 1. The van der Waals surface area contributed by atoms with Gasteiger partial charge in [-0.1, -0.05) is 6.07 Å². The molecule has 0 aliphatic heterocycles. The predicted molar refractivity (Wildman–Crippen MR) is 70.1 cm³/mol. The summed E-state index contributed by atoms with van der Waals surface area (Å²) in [5.74, 6) is -1.93. The number of carbonyl (C=O) groups is 1. The van der Waals surface area contributed by atoms with Gasteiger partial charge in [0.15, 0.2) is 6.61 Å². The van der Waals surface area contributed by atoms with Crippen LogP contribution >= 0.6 is 0 Å². The van der Waals surface area contributed by atoms with Gasteiger partial charge in [-0.05, 0) is 30.3 Å². The van der Waals surface area contributed by atoms with Gasteiger partial charge in [-0.2, -0.15) is 0 Å². The molecule has 0 saturated heterocycles. The molecule has 110 valence electrons. The predicted octanol–water partition coefficient (Wildman–Crippen LogP) is 2.80. The first-order valence-corrected chi connectivity index (χ1v) is 6.13. The SMILES string of the molecule is O=C(COc1ccc(F)cc1)NCc1ccc(F)cc1F. The molecule has 0 saturated carbocycles. The zero-order valence-electron chi connectivity index (χ0n) is 10.9. The summed E-state index contributed by atoms with van der Waals surface area (Å²) >= 11 is 0. The Morgan fingerprint density at radius 1 is 1.00 bits per heavy atom. The highest BCUT2D eigenvalue weighted by Gasteiger charge is 2.07. The summed E-state index contributed by atoms with van der Waals surface area (Å²) in [4.78, 5) is 11.5. The van der Waals surface area contributed by atoms with Gasteiger partial charge in [0.2, 0.25) is 0 Å². The minimum absolute atomic E-state index is 0.0717. The average molecular weight is 295 g/mol. The van der Waals surface area contributed by atoms with E-state index < -0.39 is 23.4 Å². The van der Waals surface area contributed by atoms with Crippen LogP contribution in [0.1, 0.15) is 5.56 Å². The van der Waals surface area contributed by atoms with E-state index in [-0.39, 0.29) is 18.7 Å². The monoisotopic (exact) mass is 295 g/mol. The van der Waals surface area contributed by atoms with Gasteiger partial charge in [0, 0.05) is 18.2 Å². The maximum absolute atomic E-state index is 13.3. The first-order valence-electron chi connectivity index (χ1n) is 6.13. The van der Waals surface area contributed by atoms with Crippen molar-refractivity contribution in [3.8, 4) is 5.75 Å². The van der Waals surface area contributed by atoms with Crippen molar-refractivity contribution < 1.29 is 22.7 Å². The average Bonchev–Trinajstić information content (AvgIpc) is 2.46. The van der Waals surface area contributed by atoms with Gasteiger partial charge in [-0.25, -0.2) is 13.2 Å². The fourth-order valence-corrected chi connectivity index (χ4v) is 1.59. The number of ether oxygens (including phenoxy) is 1. The van der Waals surface area contributed by atoms with Crippen molar-refractivity contribution in [2.24, 2.45) is 0 Å². The van der Waals surface area contributed by atoms with E-state index in [2.05, 4.69) is 5.32 Å². The highest BCUT2D eigenvalue weighted by Crippen LogP contribution is 2.11. The smallest absolute Gasteiger partial charge is 0.258 e. The molecular formula is C15H12F3NO2. The number of halogens is 3. The Morgan fingerprint density at radius 3 is 2.33 bits per heavy atom. The van der Waals surface area contributed by atoms with Crippen molar-refractivity contribution in [2.75, 3.05) is 6.61 Å². The van der Waals surface area contributed by atoms with Crippen LogP contribution in [0.3, 0.4) is 0 Å². The molecule has 0 fully saturated rings. The summed E-state index contributed by atoms with van der Waals surface area (Å²) in [6.45, 7) is -0.355. The van der Waals surface area contributed by atoms with Crippen LogP contribution < -0.4 is 10.1 Å². The third-order valence-electron chi connectivity index (χ3n) is 2.67. The highest BCUT2D eigenvalue weighted by molar-refractivity contribution is 5.77. The number of carbonyl (C=O) groups excluding carboxylic acids is 1. The van der Waals surface area contributed by atoms with E-state index in [0.717, 1.165) is 12.1 Å². The molecular weight excluding hydrogens is 283 g/mol. The van der Waals surface area contributed by atoms with Crippen molar-refractivity contribution >= 4 is 5.91 Å². The number of amides is 1. The zero-order chi connectivity index (χ0) is 15.2. The Balaban J connectivity index is 1.80. The molecule has 0 bridgehead atoms. The van der Waals surface area contributed by atoms with Gasteiger partial charge in [-0.15, -0.1) is 0 Å². The summed E-state index contributed by atoms with van der Waals surface area (Å²) in [5, 5.41) is 2.44. The second kappa shape index (κ2) is 6.78. The minimum Gasteiger partial charge on any atom is -0.484 e. The lowest BCUT2D eigenvalue weighted by Crippen LogP contribution is -2.28. The number of hydrogen-bond acceptors (Lipinski definition) is 2. The summed E-state index contributed by atoms with van der Waals surface area (Å²) in [5.41, 5.74) is 0.173. The second-order valence-electron chi connectivity index (χ2n) is 4.26. The standard InChI is InChI=1S/C15H12F3NO2/c16-11-3-5-13(6-4-11)21-9-15(20)19-8-10-1-2-12(17)7-14(10)18/h1-7H,8-9H2,(H,19,20). The van der Waals surface area contributed by atoms with Crippen LogP contribution in [-0.4, -0.2) is 12.5 Å². The van der Waals surface area contributed by atoms with Gasteiger partial charge in [-0.3, -0.25) is 4.79 Å². The van der Waals surface area contributed by atoms with E-state index in [9.17, 15) is 18.0 Å². The van der Waals surface area contributed by atoms with Crippen molar-refractivity contribution in [3.63, 3.8) is 0 Å². The molecule has 2 rings (SSSR count). The molecule has 21 heavy (non-hydrogen) atoms. The molecule has 0 aliphatic rings. The van der Waals surface area contributed by atoms with Crippen LogP contribution in [0.2, 0.25) is 0 Å². The molecule has 1 amide bonds. The lowest BCUT2D eigenvalue weighted by molar-refractivity contribution is -0.123. The molecule has 0 heterocycles. The molecule has 0 unspecified atom stereocenters. The summed E-state index contributed by atoms with van der Waals surface area (Å²) in [6, 6.07) is 8.31. The lowest BCUT2D eigenvalue weighted by atomic mass is 10.2. The molecule has 2 aromatic rings. The van der Waals surface area contributed by atoms with E-state index in [0.29, 0.717) is 5.75 Å². The number of rotatable bonds is 5. The molecule has 1 N–H and O–H groups in total. The number of benzene rings is 2. The maximum Gasteiger partial charge on any atom is 0.258 e. The van der Waals surface area contributed by atoms with E-state index in [1.807, 2.05) is 0 Å². The van der Waals surface area contributed by atoms with Crippen molar-refractivity contribution in [1.82, 2.24) is 5.32 Å². The van der Waals surface area contributed by atoms with E-state index in [4.69, 9.17) is 4.74 Å². The molecule has 6 heteroatoms. The van der Waals surface area contributed by atoms with Gasteiger partial charge >= 0.3 is 0 Å². The van der Waals surface area contributed by atoms with Crippen LogP contribution in [0.15, 0.2) is 42.5 Å². The largest absolute Gasteiger partial charge is 0.484 e. The molecule has 0 radical (unpaired) electrons. The van der Waals surface area contributed by atoms with Crippen LogP contribution in [0, 0.1) is 17.5 Å². The lowest BCUT2D eigenvalue weighted by Gasteiger charge is -2.08. The van der Waals surface area contributed by atoms with Crippen molar-refractivity contribution in [3.05, 3.63) is 65.5 Å². The Hall–Kier alpha value is -2.50. The third-order valence-corrected chi connectivity index (χ3v) is 2.67. The fourth-order valence-electron chi connectivity index (χ4n) is 1.59. The van der Waals surface area contributed by atoms with Crippen LogP contribution in [0.4, 0.5) is 13.2 Å². The zero-order valence-corrected chi connectivity index (χ0v) is 10.9. The van der Waals surface area contributed by atoms with E-state index >= 15 is 0 Å². The van der Waals surface area contributed by atoms with E-state index in [1.54, 1.807) is 0 Å². The Labute approximate surface area is 119 Å². The first-order chi connectivity index (χ1) is 10.0. The Bertz CT molecular complexity index is 629. The van der Waals surface area contributed by atoms with Crippen LogP contribution in [-0.2, 0) is 11.3 Å². The Morgan fingerprint density at radius 2 is 1.67 bits per heavy atom. The minimum atomic E-state index is -0.727. The molecule has 0 aromatic heterocycles. The first kappa shape index (κ1) is 14.9. The molecule has 0 atom stereocenters. The summed E-state index contributed by atoms with van der Waals surface area (Å²) < 4.78 is 43.8. The second-order valence-corrected chi connectivity index (χ2v) is 4.26. The summed E-state index contributed by atoms with van der Waals surface area (Å²) in [6.07, 6.45) is 0. The van der Waals surface area contributed by atoms with E-state index in [1.165, 1.54) is 30.3 Å². The molecule has 3 nitrogen and oxygen atoms in total. The van der Waals surface area contributed by atoms with Gasteiger partial charge < -0.3 is 10.1 Å². The maximum atomic E-state index is 13.3. The van der Waals surface area contributed by atoms with Crippen LogP contribution in [0.25, 0.3) is 0 Å². The normalized spacial score (nSPS) is 10.2. The van der Waals surface area contributed by atoms with Crippen LogP contribution in [0.5, 0.6) is 5.75 Å². The molecule has 0 aliphatic carbocycles. The topological polar surface area (TPSA) is 38.3 Å².